The normalized spacial score (nSPS) is 21.7. The molecule has 2 aliphatic rings. The van der Waals surface area contributed by atoms with Gasteiger partial charge in [0.2, 0.25) is 0 Å². The number of rotatable bonds is 4. The SMILES string of the molecule is CN(Cc1cc(Br)cc2c1OCC2)CC1CCCN1. The first-order valence-corrected chi connectivity index (χ1v) is 7.87. The topological polar surface area (TPSA) is 24.5 Å². The van der Waals surface area contributed by atoms with Crippen molar-refractivity contribution in [3.8, 4) is 5.75 Å². The molecule has 19 heavy (non-hydrogen) atoms. The highest BCUT2D eigenvalue weighted by Gasteiger charge is 2.20. The molecule has 3 rings (SSSR count). The van der Waals surface area contributed by atoms with E-state index in [0.717, 1.165) is 31.9 Å². The van der Waals surface area contributed by atoms with Crippen molar-refractivity contribution in [2.75, 3.05) is 26.7 Å². The first kappa shape index (κ1) is 13.4. The number of hydrogen-bond acceptors (Lipinski definition) is 3. The Morgan fingerprint density at radius 2 is 2.37 bits per heavy atom. The Balaban J connectivity index is 1.68. The second kappa shape index (κ2) is 5.81. The minimum Gasteiger partial charge on any atom is -0.493 e. The fourth-order valence-corrected chi connectivity index (χ4v) is 3.66. The lowest BCUT2D eigenvalue weighted by molar-refractivity contribution is 0.285. The minimum atomic E-state index is 0.658. The molecule has 0 aromatic heterocycles. The van der Waals surface area contributed by atoms with Crippen LogP contribution in [-0.4, -0.2) is 37.7 Å². The summed E-state index contributed by atoms with van der Waals surface area (Å²) >= 11 is 3.61. The smallest absolute Gasteiger partial charge is 0.127 e. The third-order valence-electron chi connectivity index (χ3n) is 3.96. The fraction of sp³-hybridized carbons (Fsp3) is 0.600. The third kappa shape index (κ3) is 3.12. The van der Waals surface area contributed by atoms with E-state index in [0.29, 0.717) is 6.04 Å². The van der Waals surface area contributed by atoms with Gasteiger partial charge in [0.1, 0.15) is 5.75 Å². The van der Waals surface area contributed by atoms with Gasteiger partial charge in [-0.3, -0.25) is 0 Å². The van der Waals surface area contributed by atoms with Crippen molar-refractivity contribution in [1.29, 1.82) is 0 Å². The number of nitrogens with zero attached hydrogens (tertiary/aromatic N) is 1. The van der Waals surface area contributed by atoms with Crippen molar-refractivity contribution in [2.45, 2.75) is 31.8 Å². The molecule has 2 aliphatic heterocycles. The quantitative estimate of drug-likeness (QED) is 0.921. The van der Waals surface area contributed by atoms with Crippen LogP contribution in [0.5, 0.6) is 5.75 Å². The van der Waals surface area contributed by atoms with Gasteiger partial charge in [-0.15, -0.1) is 0 Å². The predicted octanol–water partition coefficient (Wildman–Crippen LogP) is 2.57. The van der Waals surface area contributed by atoms with Crippen LogP contribution in [0, 0.1) is 0 Å². The second-order valence-electron chi connectivity index (χ2n) is 5.64. The summed E-state index contributed by atoms with van der Waals surface area (Å²) in [5.74, 6) is 1.12. The molecule has 1 saturated heterocycles. The van der Waals surface area contributed by atoms with E-state index in [1.165, 1.54) is 35.0 Å². The molecule has 0 saturated carbocycles. The molecule has 0 spiro atoms. The third-order valence-corrected chi connectivity index (χ3v) is 4.42. The number of hydrogen-bond donors (Lipinski definition) is 1. The zero-order valence-corrected chi connectivity index (χ0v) is 13.0. The molecule has 104 valence electrons. The lowest BCUT2D eigenvalue weighted by atomic mass is 10.1. The highest BCUT2D eigenvalue weighted by Crippen LogP contribution is 2.33. The van der Waals surface area contributed by atoms with E-state index in [1.54, 1.807) is 0 Å². The van der Waals surface area contributed by atoms with Crippen LogP contribution in [0.25, 0.3) is 0 Å². The van der Waals surface area contributed by atoms with Gasteiger partial charge in [-0.05, 0) is 44.1 Å². The Kier molecular flexibility index (Phi) is 4.10. The highest BCUT2D eigenvalue weighted by molar-refractivity contribution is 9.10. The molecule has 2 heterocycles. The maximum Gasteiger partial charge on any atom is 0.127 e. The van der Waals surface area contributed by atoms with Gasteiger partial charge in [-0.25, -0.2) is 0 Å². The Morgan fingerprint density at radius 1 is 1.47 bits per heavy atom. The molecule has 1 N–H and O–H groups in total. The number of ether oxygens (including phenoxy) is 1. The Hall–Kier alpha value is -0.580. The van der Waals surface area contributed by atoms with Crippen molar-refractivity contribution in [3.63, 3.8) is 0 Å². The van der Waals surface area contributed by atoms with E-state index >= 15 is 0 Å². The van der Waals surface area contributed by atoms with E-state index in [1.807, 2.05) is 0 Å². The Morgan fingerprint density at radius 3 is 3.16 bits per heavy atom. The molecule has 0 radical (unpaired) electrons. The zero-order chi connectivity index (χ0) is 13.2. The summed E-state index contributed by atoms with van der Waals surface area (Å²) in [7, 11) is 2.20. The van der Waals surface area contributed by atoms with Gasteiger partial charge in [-0.1, -0.05) is 15.9 Å². The van der Waals surface area contributed by atoms with Crippen LogP contribution in [0.3, 0.4) is 0 Å². The van der Waals surface area contributed by atoms with Gasteiger partial charge in [0, 0.05) is 35.6 Å². The molecular weight excluding hydrogens is 304 g/mol. The number of fused-ring (bicyclic) bond motifs is 1. The molecule has 1 atom stereocenters. The van der Waals surface area contributed by atoms with E-state index in [-0.39, 0.29) is 0 Å². The number of likely N-dealkylation sites (N-methyl/N-ethyl adjacent to an activating group) is 1. The monoisotopic (exact) mass is 324 g/mol. The first-order valence-electron chi connectivity index (χ1n) is 7.08. The van der Waals surface area contributed by atoms with E-state index in [9.17, 15) is 0 Å². The van der Waals surface area contributed by atoms with E-state index in [4.69, 9.17) is 4.74 Å². The van der Waals surface area contributed by atoms with Crippen molar-refractivity contribution < 1.29 is 4.74 Å². The summed E-state index contributed by atoms with van der Waals surface area (Å²) in [6.45, 7) is 4.07. The number of benzene rings is 1. The second-order valence-corrected chi connectivity index (χ2v) is 6.56. The summed E-state index contributed by atoms with van der Waals surface area (Å²) < 4.78 is 6.96. The number of nitrogens with one attached hydrogen (secondary N) is 1. The predicted molar refractivity (Wildman–Crippen MR) is 80.7 cm³/mol. The number of halogens is 1. The maximum atomic E-state index is 5.79. The molecule has 0 bridgehead atoms. The summed E-state index contributed by atoms with van der Waals surface area (Å²) in [6.07, 6.45) is 3.65. The Bertz CT molecular complexity index is 458. The summed E-state index contributed by atoms with van der Waals surface area (Å²) in [6, 6.07) is 5.04. The molecular formula is C15H21BrN2O. The Labute approximate surface area is 123 Å². The van der Waals surface area contributed by atoms with Crippen molar-refractivity contribution >= 4 is 15.9 Å². The molecule has 4 heteroatoms. The van der Waals surface area contributed by atoms with Crippen LogP contribution in [-0.2, 0) is 13.0 Å². The highest BCUT2D eigenvalue weighted by atomic mass is 79.9. The molecule has 1 aromatic rings. The summed E-state index contributed by atoms with van der Waals surface area (Å²) in [5.41, 5.74) is 2.65. The van der Waals surface area contributed by atoms with Crippen molar-refractivity contribution in [3.05, 3.63) is 27.7 Å². The van der Waals surface area contributed by atoms with Gasteiger partial charge >= 0.3 is 0 Å². The van der Waals surface area contributed by atoms with Gasteiger partial charge in [0.15, 0.2) is 0 Å². The lowest BCUT2D eigenvalue weighted by Gasteiger charge is -2.22. The van der Waals surface area contributed by atoms with Crippen LogP contribution in [0.2, 0.25) is 0 Å². The van der Waals surface area contributed by atoms with Crippen LogP contribution in [0.4, 0.5) is 0 Å². The summed E-state index contributed by atoms with van der Waals surface area (Å²) in [4.78, 5) is 2.40. The molecule has 0 amide bonds. The molecule has 1 fully saturated rings. The molecule has 0 aliphatic carbocycles. The lowest BCUT2D eigenvalue weighted by Crippen LogP contribution is -2.35. The first-order chi connectivity index (χ1) is 9.22. The van der Waals surface area contributed by atoms with Gasteiger partial charge < -0.3 is 15.0 Å². The molecule has 1 aromatic carbocycles. The van der Waals surface area contributed by atoms with Crippen LogP contribution in [0.15, 0.2) is 16.6 Å². The standard InChI is InChI=1S/C15H21BrN2O/c1-18(10-14-3-2-5-17-14)9-12-8-13(16)7-11-4-6-19-15(11)12/h7-8,14,17H,2-6,9-10H2,1H3. The maximum absolute atomic E-state index is 5.79. The van der Waals surface area contributed by atoms with Crippen molar-refractivity contribution in [2.24, 2.45) is 0 Å². The van der Waals surface area contributed by atoms with Gasteiger partial charge in [0.05, 0.1) is 6.61 Å². The molecule has 1 unspecified atom stereocenters. The van der Waals surface area contributed by atoms with E-state index < -0.39 is 0 Å². The van der Waals surface area contributed by atoms with E-state index in [2.05, 4.69) is 45.3 Å². The average Bonchev–Trinajstić information content (AvgIpc) is 2.99. The zero-order valence-electron chi connectivity index (χ0n) is 11.4. The average molecular weight is 325 g/mol. The van der Waals surface area contributed by atoms with Gasteiger partial charge in [-0.2, -0.15) is 0 Å². The summed E-state index contributed by atoms with van der Waals surface area (Å²) in [5, 5.41) is 3.55. The van der Waals surface area contributed by atoms with Gasteiger partial charge in [0.25, 0.3) is 0 Å². The minimum absolute atomic E-state index is 0.658. The van der Waals surface area contributed by atoms with Crippen LogP contribution in [0.1, 0.15) is 24.0 Å². The van der Waals surface area contributed by atoms with Crippen molar-refractivity contribution in [1.82, 2.24) is 10.2 Å². The van der Waals surface area contributed by atoms with Crippen LogP contribution < -0.4 is 10.1 Å². The largest absolute Gasteiger partial charge is 0.493 e. The van der Waals surface area contributed by atoms with Crippen LogP contribution >= 0.6 is 15.9 Å². The molecule has 3 nitrogen and oxygen atoms in total. The fourth-order valence-electron chi connectivity index (χ4n) is 3.11.